The van der Waals surface area contributed by atoms with Crippen molar-refractivity contribution in [1.29, 1.82) is 0 Å². The average Bonchev–Trinajstić information content (AvgIpc) is 2.81. The summed E-state index contributed by atoms with van der Waals surface area (Å²) >= 11 is 0. The Labute approximate surface area is 143 Å². The van der Waals surface area contributed by atoms with E-state index in [1.807, 2.05) is 44.2 Å². The third-order valence-electron chi connectivity index (χ3n) is 3.91. The minimum absolute atomic E-state index is 0.141. The fourth-order valence-corrected chi connectivity index (χ4v) is 2.69. The molecule has 1 aromatic carbocycles. The van der Waals surface area contributed by atoms with E-state index in [0.717, 1.165) is 29.1 Å². The lowest BCUT2D eigenvalue weighted by Gasteiger charge is -2.07. The summed E-state index contributed by atoms with van der Waals surface area (Å²) in [6, 6.07) is 9.23. The maximum atomic E-state index is 12.4. The van der Waals surface area contributed by atoms with Crippen LogP contribution in [-0.2, 0) is 11.2 Å². The molecule has 5 heteroatoms. The molecule has 0 aliphatic rings. The SMILES string of the molecule is Cc1nn(C(=O)CCC(=O)Nc2ccccc2)c(C)c1CC(C)C. The molecule has 0 aliphatic carbocycles. The standard InChI is InChI=1S/C19H25N3O2/c1-13(2)12-17-14(3)21-22(15(17)4)19(24)11-10-18(23)20-16-8-6-5-7-9-16/h5-9,13H,10-12H2,1-4H3,(H,20,23). The van der Waals surface area contributed by atoms with Crippen LogP contribution in [0.1, 0.15) is 48.4 Å². The van der Waals surface area contributed by atoms with Gasteiger partial charge in [0.2, 0.25) is 11.8 Å². The molecule has 1 amide bonds. The van der Waals surface area contributed by atoms with Crippen molar-refractivity contribution in [3.05, 3.63) is 47.3 Å². The van der Waals surface area contributed by atoms with Gasteiger partial charge in [-0.3, -0.25) is 9.59 Å². The number of para-hydroxylation sites is 1. The molecule has 0 unspecified atom stereocenters. The number of hydrogen-bond donors (Lipinski definition) is 1. The molecule has 0 fully saturated rings. The molecule has 24 heavy (non-hydrogen) atoms. The van der Waals surface area contributed by atoms with Crippen molar-refractivity contribution in [2.45, 2.75) is 47.0 Å². The molecule has 2 rings (SSSR count). The number of carbonyl (C=O) groups is 2. The lowest BCUT2D eigenvalue weighted by atomic mass is 10.0. The second-order valence-electron chi connectivity index (χ2n) is 6.47. The largest absolute Gasteiger partial charge is 0.326 e. The molecule has 0 aliphatic heterocycles. The molecule has 0 radical (unpaired) electrons. The molecule has 5 nitrogen and oxygen atoms in total. The number of amides is 1. The Morgan fingerprint density at radius 3 is 2.42 bits per heavy atom. The van der Waals surface area contributed by atoms with Gasteiger partial charge >= 0.3 is 0 Å². The summed E-state index contributed by atoms with van der Waals surface area (Å²) in [6.45, 7) is 8.13. The predicted octanol–water partition coefficient (Wildman–Crippen LogP) is 3.76. The summed E-state index contributed by atoms with van der Waals surface area (Å²) in [5.41, 5.74) is 3.64. The van der Waals surface area contributed by atoms with Crippen molar-refractivity contribution >= 4 is 17.5 Å². The van der Waals surface area contributed by atoms with Gasteiger partial charge in [0.05, 0.1) is 5.69 Å². The molecular formula is C19H25N3O2. The topological polar surface area (TPSA) is 64.0 Å². The van der Waals surface area contributed by atoms with Crippen LogP contribution in [0.3, 0.4) is 0 Å². The highest BCUT2D eigenvalue weighted by Gasteiger charge is 2.18. The second kappa shape index (κ2) is 7.90. The van der Waals surface area contributed by atoms with Gasteiger partial charge in [-0.15, -0.1) is 0 Å². The molecule has 128 valence electrons. The normalized spacial score (nSPS) is 10.9. The third kappa shape index (κ3) is 4.54. The monoisotopic (exact) mass is 327 g/mol. The second-order valence-corrected chi connectivity index (χ2v) is 6.47. The molecule has 0 atom stereocenters. The summed E-state index contributed by atoms with van der Waals surface area (Å²) in [5, 5.41) is 7.15. The van der Waals surface area contributed by atoms with Gasteiger partial charge in [-0.2, -0.15) is 5.10 Å². The number of carbonyl (C=O) groups excluding carboxylic acids is 2. The molecule has 2 aromatic rings. The first-order valence-corrected chi connectivity index (χ1v) is 8.31. The number of rotatable bonds is 6. The van der Waals surface area contributed by atoms with Crippen molar-refractivity contribution in [2.24, 2.45) is 5.92 Å². The summed E-state index contributed by atoms with van der Waals surface area (Å²) in [5.74, 6) is 0.194. The van der Waals surface area contributed by atoms with E-state index in [0.29, 0.717) is 5.92 Å². The third-order valence-corrected chi connectivity index (χ3v) is 3.91. The van der Waals surface area contributed by atoms with E-state index in [1.54, 1.807) is 0 Å². The average molecular weight is 327 g/mol. The van der Waals surface area contributed by atoms with E-state index >= 15 is 0 Å². The number of aryl methyl sites for hydroxylation is 1. The summed E-state index contributed by atoms with van der Waals surface area (Å²) in [6.07, 6.45) is 1.19. The minimum Gasteiger partial charge on any atom is -0.326 e. The van der Waals surface area contributed by atoms with E-state index in [2.05, 4.69) is 24.3 Å². The lowest BCUT2D eigenvalue weighted by molar-refractivity contribution is -0.116. The summed E-state index contributed by atoms with van der Waals surface area (Å²) in [4.78, 5) is 24.4. The van der Waals surface area contributed by atoms with E-state index in [4.69, 9.17) is 0 Å². The smallest absolute Gasteiger partial charge is 0.247 e. The lowest BCUT2D eigenvalue weighted by Crippen LogP contribution is -2.18. The van der Waals surface area contributed by atoms with Crippen LogP contribution in [-0.4, -0.2) is 21.6 Å². The Bertz CT molecular complexity index is 718. The molecular weight excluding hydrogens is 302 g/mol. The number of hydrogen-bond acceptors (Lipinski definition) is 3. The van der Waals surface area contributed by atoms with Gasteiger partial charge < -0.3 is 5.32 Å². The van der Waals surface area contributed by atoms with E-state index in [1.165, 1.54) is 4.68 Å². The van der Waals surface area contributed by atoms with Crippen LogP contribution >= 0.6 is 0 Å². The zero-order valence-corrected chi connectivity index (χ0v) is 14.8. The molecule has 0 spiro atoms. The van der Waals surface area contributed by atoms with Gasteiger partial charge in [-0.1, -0.05) is 32.0 Å². The maximum Gasteiger partial charge on any atom is 0.247 e. The Morgan fingerprint density at radius 1 is 1.12 bits per heavy atom. The first-order valence-electron chi connectivity index (χ1n) is 8.31. The Kier molecular flexibility index (Phi) is 5.90. The number of benzene rings is 1. The highest BCUT2D eigenvalue weighted by molar-refractivity contribution is 5.93. The Hall–Kier alpha value is -2.43. The minimum atomic E-state index is -0.168. The predicted molar refractivity (Wildman–Crippen MR) is 95.2 cm³/mol. The van der Waals surface area contributed by atoms with Crippen molar-refractivity contribution in [1.82, 2.24) is 9.78 Å². The molecule has 1 heterocycles. The van der Waals surface area contributed by atoms with Gasteiger partial charge in [0.25, 0.3) is 0 Å². The molecule has 1 N–H and O–H groups in total. The van der Waals surface area contributed by atoms with Gasteiger partial charge in [0, 0.05) is 24.2 Å². The molecule has 0 saturated heterocycles. The Morgan fingerprint density at radius 2 is 1.79 bits per heavy atom. The van der Waals surface area contributed by atoms with Crippen LogP contribution in [0.15, 0.2) is 30.3 Å². The van der Waals surface area contributed by atoms with Crippen LogP contribution < -0.4 is 5.32 Å². The first kappa shape index (κ1) is 17.9. The van der Waals surface area contributed by atoms with E-state index < -0.39 is 0 Å². The quantitative estimate of drug-likeness (QED) is 0.878. The Balaban J connectivity index is 1.96. The van der Waals surface area contributed by atoms with Crippen molar-refractivity contribution in [2.75, 3.05) is 5.32 Å². The van der Waals surface area contributed by atoms with Crippen LogP contribution in [0, 0.1) is 19.8 Å². The van der Waals surface area contributed by atoms with Gasteiger partial charge in [0.1, 0.15) is 0 Å². The molecule has 0 saturated carbocycles. The molecule has 0 bridgehead atoms. The maximum absolute atomic E-state index is 12.4. The van der Waals surface area contributed by atoms with Crippen molar-refractivity contribution in [3.8, 4) is 0 Å². The van der Waals surface area contributed by atoms with Crippen LogP contribution in [0.25, 0.3) is 0 Å². The number of nitrogens with zero attached hydrogens (tertiary/aromatic N) is 2. The van der Waals surface area contributed by atoms with Gasteiger partial charge in [0.15, 0.2) is 0 Å². The fourth-order valence-electron chi connectivity index (χ4n) is 2.69. The highest BCUT2D eigenvalue weighted by atomic mass is 16.2. The van der Waals surface area contributed by atoms with Gasteiger partial charge in [-0.05, 0) is 43.9 Å². The first-order chi connectivity index (χ1) is 11.4. The van der Waals surface area contributed by atoms with Crippen LogP contribution in [0.4, 0.5) is 5.69 Å². The van der Waals surface area contributed by atoms with Gasteiger partial charge in [-0.25, -0.2) is 4.68 Å². The van der Waals surface area contributed by atoms with Crippen LogP contribution in [0.2, 0.25) is 0 Å². The van der Waals surface area contributed by atoms with Crippen molar-refractivity contribution in [3.63, 3.8) is 0 Å². The summed E-state index contributed by atoms with van der Waals surface area (Å²) < 4.78 is 1.45. The number of aromatic nitrogens is 2. The van der Waals surface area contributed by atoms with Crippen LogP contribution in [0.5, 0.6) is 0 Å². The van der Waals surface area contributed by atoms with E-state index in [-0.39, 0.29) is 24.7 Å². The zero-order valence-electron chi connectivity index (χ0n) is 14.8. The highest BCUT2D eigenvalue weighted by Crippen LogP contribution is 2.18. The fraction of sp³-hybridized carbons (Fsp3) is 0.421. The zero-order chi connectivity index (χ0) is 17.7. The number of nitrogens with one attached hydrogen (secondary N) is 1. The summed E-state index contributed by atoms with van der Waals surface area (Å²) in [7, 11) is 0. The molecule has 1 aromatic heterocycles. The number of anilines is 1. The van der Waals surface area contributed by atoms with E-state index in [9.17, 15) is 9.59 Å². The van der Waals surface area contributed by atoms with Crippen molar-refractivity contribution < 1.29 is 9.59 Å².